The minimum atomic E-state index is -1.39. The van der Waals surface area contributed by atoms with Crippen molar-refractivity contribution >= 4 is 0 Å². The molecule has 35 heavy (non-hydrogen) atoms. The molecule has 2 aliphatic rings. The minimum Gasteiger partial charge on any atom is -0.374 e. The molecule has 0 N–H and O–H groups in total. The predicted molar refractivity (Wildman–Crippen MR) is 130 cm³/mol. The van der Waals surface area contributed by atoms with E-state index in [0.717, 1.165) is 16.7 Å². The molecule has 2 aliphatic heterocycles. The van der Waals surface area contributed by atoms with Crippen molar-refractivity contribution in [1.82, 2.24) is 0 Å². The van der Waals surface area contributed by atoms with Gasteiger partial charge in [0.05, 0.1) is 26.4 Å². The Morgan fingerprint density at radius 1 is 0.800 bits per heavy atom. The number of hydrogen-bond acceptors (Lipinski definition) is 6. The van der Waals surface area contributed by atoms with E-state index in [-0.39, 0.29) is 12.7 Å². The fraction of sp³-hybridized carbons (Fsp3) is 0.310. The fourth-order valence-electron chi connectivity index (χ4n) is 4.34. The Labute approximate surface area is 206 Å². The van der Waals surface area contributed by atoms with Gasteiger partial charge in [0.25, 0.3) is 0 Å². The molecule has 0 unspecified atom stereocenters. The van der Waals surface area contributed by atoms with Crippen LogP contribution in [-0.2, 0) is 47.6 Å². The highest BCUT2D eigenvalue weighted by Gasteiger charge is 2.60. The highest BCUT2D eigenvalue weighted by Crippen LogP contribution is 2.45. The summed E-state index contributed by atoms with van der Waals surface area (Å²) in [6, 6.07) is 29.6. The maximum atomic E-state index is 6.46. The van der Waals surface area contributed by atoms with Gasteiger partial charge >= 0.3 is 5.97 Å². The molecule has 0 amide bonds. The van der Waals surface area contributed by atoms with E-state index in [9.17, 15) is 0 Å². The average molecular weight is 475 g/mol. The van der Waals surface area contributed by atoms with Gasteiger partial charge in [0, 0.05) is 5.56 Å². The summed E-state index contributed by atoms with van der Waals surface area (Å²) in [7, 11) is 0. The Balaban J connectivity index is 1.32. The van der Waals surface area contributed by atoms with E-state index in [4.69, 9.17) is 28.4 Å². The van der Waals surface area contributed by atoms with Gasteiger partial charge < -0.3 is 23.7 Å². The standard InChI is InChI=1S/C29H30O6/c1-2-18-32-29(24-16-10-5-11-17-24)34-27-26(31-20-23-14-8-4-9-15-23)25(33-28(27)35-29)21-30-19-22-12-6-3-7-13-22/h2-17,25-28H,1,18-21H2/t25-,26-,27+,28+,29-/m1/s1. The van der Waals surface area contributed by atoms with Crippen LogP contribution in [-0.4, -0.2) is 37.8 Å². The van der Waals surface area contributed by atoms with Gasteiger partial charge in [-0.3, -0.25) is 4.74 Å². The molecule has 0 aromatic heterocycles. The van der Waals surface area contributed by atoms with Crippen LogP contribution >= 0.6 is 0 Å². The molecule has 182 valence electrons. The first kappa shape index (κ1) is 23.9. The number of fused-ring (bicyclic) bond motifs is 1. The molecular formula is C29H30O6. The lowest BCUT2D eigenvalue weighted by molar-refractivity contribution is -0.374. The second kappa shape index (κ2) is 11.3. The molecular weight excluding hydrogens is 444 g/mol. The van der Waals surface area contributed by atoms with Gasteiger partial charge in [0.1, 0.15) is 18.3 Å². The quantitative estimate of drug-likeness (QED) is 0.367. The van der Waals surface area contributed by atoms with Crippen molar-refractivity contribution < 1.29 is 28.4 Å². The van der Waals surface area contributed by atoms with Crippen molar-refractivity contribution in [3.63, 3.8) is 0 Å². The monoisotopic (exact) mass is 474 g/mol. The SMILES string of the molecule is C=CCO[C@@]1(c2ccccc2)O[C@@H]2O[C@H](COCc3ccccc3)[C@@H](OCc3ccccc3)[C@@H]2O1. The van der Waals surface area contributed by atoms with Gasteiger partial charge in [-0.1, -0.05) is 97.1 Å². The van der Waals surface area contributed by atoms with E-state index in [1.807, 2.05) is 91.0 Å². The van der Waals surface area contributed by atoms with Crippen LogP contribution in [0.1, 0.15) is 16.7 Å². The number of rotatable bonds is 11. The summed E-state index contributed by atoms with van der Waals surface area (Å²) in [6.45, 7) is 5.27. The lowest BCUT2D eigenvalue weighted by atomic mass is 10.1. The van der Waals surface area contributed by atoms with Crippen LogP contribution < -0.4 is 0 Å². The second-order valence-electron chi connectivity index (χ2n) is 8.53. The van der Waals surface area contributed by atoms with Gasteiger partial charge in [-0.2, -0.15) is 0 Å². The molecule has 0 aliphatic carbocycles. The van der Waals surface area contributed by atoms with Crippen LogP contribution in [0.5, 0.6) is 0 Å². The van der Waals surface area contributed by atoms with Gasteiger partial charge in [0.2, 0.25) is 0 Å². The summed E-state index contributed by atoms with van der Waals surface area (Å²) in [5.74, 6) is -1.39. The maximum Gasteiger partial charge on any atom is 0.315 e. The van der Waals surface area contributed by atoms with E-state index >= 15 is 0 Å². The average Bonchev–Trinajstić information content (AvgIpc) is 3.43. The third-order valence-corrected chi connectivity index (χ3v) is 6.03. The van der Waals surface area contributed by atoms with E-state index in [0.29, 0.717) is 19.8 Å². The molecule has 2 heterocycles. The lowest BCUT2D eigenvalue weighted by Gasteiger charge is -2.31. The van der Waals surface area contributed by atoms with E-state index in [1.165, 1.54) is 0 Å². The third-order valence-electron chi connectivity index (χ3n) is 6.03. The van der Waals surface area contributed by atoms with Crippen molar-refractivity contribution in [2.45, 2.75) is 43.8 Å². The number of hydrogen-bond donors (Lipinski definition) is 0. The molecule has 3 aromatic carbocycles. The summed E-state index contributed by atoms with van der Waals surface area (Å²) < 4.78 is 37.4. The Morgan fingerprint density at radius 2 is 1.43 bits per heavy atom. The molecule has 2 saturated heterocycles. The van der Waals surface area contributed by atoms with Gasteiger partial charge in [-0.15, -0.1) is 6.58 Å². The highest BCUT2D eigenvalue weighted by molar-refractivity contribution is 5.20. The first-order chi connectivity index (χ1) is 17.3. The van der Waals surface area contributed by atoms with Crippen LogP contribution in [0.15, 0.2) is 104 Å². The predicted octanol–water partition coefficient (Wildman–Crippen LogP) is 4.94. The molecule has 5 atom stereocenters. The van der Waals surface area contributed by atoms with Crippen molar-refractivity contribution in [3.05, 3.63) is 120 Å². The van der Waals surface area contributed by atoms with Crippen LogP contribution in [0.3, 0.4) is 0 Å². The van der Waals surface area contributed by atoms with Crippen molar-refractivity contribution in [2.75, 3.05) is 13.2 Å². The summed E-state index contributed by atoms with van der Waals surface area (Å²) in [5.41, 5.74) is 2.91. The summed E-state index contributed by atoms with van der Waals surface area (Å²) >= 11 is 0. The normalized spacial score (nSPS) is 27.5. The molecule has 2 fully saturated rings. The van der Waals surface area contributed by atoms with Crippen LogP contribution in [0.4, 0.5) is 0 Å². The van der Waals surface area contributed by atoms with E-state index in [2.05, 4.69) is 6.58 Å². The van der Waals surface area contributed by atoms with Gasteiger partial charge in [0.15, 0.2) is 6.29 Å². The Hall–Kier alpha value is -2.84. The topological polar surface area (TPSA) is 55.4 Å². The summed E-state index contributed by atoms with van der Waals surface area (Å²) in [5, 5.41) is 0. The lowest BCUT2D eigenvalue weighted by Crippen LogP contribution is -2.40. The minimum absolute atomic E-state index is 0.257. The largest absolute Gasteiger partial charge is 0.374 e. The Bertz CT molecular complexity index is 1060. The van der Waals surface area contributed by atoms with Crippen molar-refractivity contribution in [1.29, 1.82) is 0 Å². The summed E-state index contributed by atoms with van der Waals surface area (Å²) in [6.07, 6.45) is -0.254. The fourth-order valence-corrected chi connectivity index (χ4v) is 4.34. The maximum absolute atomic E-state index is 6.46. The van der Waals surface area contributed by atoms with Crippen LogP contribution in [0, 0.1) is 0 Å². The zero-order valence-electron chi connectivity index (χ0n) is 19.5. The molecule has 0 bridgehead atoms. The van der Waals surface area contributed by atoms with E-state index < -0.39 is 24.5 Å². The van der Waals surface area contributed by atoms with Gasteiger partial charge in [-0.25, -0.2) is 0 Å². The van der Waals surface area contributed by atoms with Gasteiger partial charge in [-0.05, 0) is 11.1 Å². The molecule has 0 spiro atoms. The Morgan fingerprint density at radius 3 is 2.09 bits per heavy atom. The summed E-state index contributed by atoms with van der Waals surface area (Å²) in [4.78, 5) is 0. The zero-order chi connectivity index (χ0) is 23.9. The first-order valence-corrected chi connectivity index (χ1v) is 11.9. The van der Waals surface area contributed by atoms with Crippen LogP contribution in [0.2, 0.25) is 0 Å². The third kappa shape index (κ3) is 5.54. The second-order valence-corrected chi connectivity index (χ2v) is 8.53. The smallest absolute Gasteiger partial charge is 0.315 e. The molecule has 3 aromatic rings. The van der Waals surface area contributed by atoms with Crippen molar-refractivity contribution in [3.8, 4) is 0 Å². The number of ether oxygens (including phenoxy) is 6. The Kier molecular flexibility index (Phi) is 7.69. The van der Waals surface area contributed by atoms with E-state index in [1.54, 1.807) is 6.08 Å². The van der Waals surface area contributed by atoms with Crippen LogP contribution in [0.25, 0.3) is 0 Å². The molecule has 5 rings (SSSR count). The first-order valence-electron chi connectivity index (χ1n) is 11.9. The molecule has 0 saturated carbocycles. The molecule has 6 heteroatoms. The highest BCUT2D eigenvalue weighted by atomic mass is 16.9. The number of benzene rings is 3. The molecule has 6 nitrogen and oxygen atoms in total. The van der Waals surface area contributed by atoms with Crippen molar-refractivity contribution in [2.24, 2.45) is 0 Å². The zero-order valence-corrected chi connectivity index (χ0v) is 19.5. The molecule has 0 radical (unpaired) electrons.